The van der Waals surface area contributed by atoms with Crippen molar-refractivity contribution in [3.8, 4) is 0 Å². The summed E-state index contributed by atoms with van der Waals surface area (Å²) in [6.07, 6.45) is 0.907. The van der Waals surface area contributed by atoms with Gasteiger partial charge in [0.2, 0.25) is 0 Å². The number of aromatic nitrogens is 2. The molecule has 0 fully saturated rings. The summed E-state index contributed by atoms with van der Waals surface area (Å²) in [5.41, 5.74) is -0.585. The van der Waals surface area contributed by atoms with Crippen molar-refractivity contribution in [2.24, 2.45) is 0 Å². The van der Waals surface area contributed by atoms with Crippen molar-refractivity contribution in [1.29, 1.82) is 0 Å². The van der Waals surface area contributed by atoms with Crippen LogP contribution in [0.25, 0.3) is 0 Å². The number of nitrogens with one attached hydrogen (secondary N) is 2. The standard InChI is InChI=1S/C10H17N2O4PS2/c1-3-5-18-17(15,16-4-2)19-7-8-6-9(13)12-10(14)11-8/h6H,3-5,7H2,1-2H3,(H2,11,12,13,14)/t17-/m0/s1. The molecule has 0 aromatic carbocycles. The molecule has 2 N–H and O–H groups in total. The van der Waals surface area contributed by atoms with Crippen LogP contribution in [0.4, 0.5) is 0 Å². The van der Waals surface area contributed by atoms with Gasteiger partial charge in [0, 0.05) is 23.3 Å². The highest BCUT2D eigenvalue weighted by Crippen LogP contribution is 2.70. The smallest absolute Gasteiger partial charge is 0.314 e. The monoisotopic (exact) mass is 324 g/mol. The van der Waals surface area contributed by atoms with Gasteiger partial charge in [-0.25, -0.2) is 4.79 Å². The fraction of sp³-hybridized carbons (Fsp3) is 0.600. The van der Waals surface area contributed by atoms with E-state index >= 15 is 0 Å². The largest absolute Gasteiger partial charge is 0.325 e. The van der Waals surface area contributed by atoms with Crippen molar-refractivity contribution in [2.75, 3.05) is 12.4 Å². The Labute approximate surface area is 119 Å². The summed E-state index contributed by atoms with van der Waals surface area (Å²) in [5.74, 6) is -1.82. The first kappa shape index (κ1) is 16.6. The molecule has 6 nitrogen and oxygen atoms in total. The molecular weight excluding hydrogens is 307 g/mol. The second-order valence-corrected chi connectivity index (χ2v) is 11.1. The molecule has 1 atom stereocenters. The van der Waals surface area contributed by atoms with Crippen LogP contribution in [0.1, 0.15) is 26.0 Å². The second kappa shape index (κ2) is 7.99. The Kier molecular flexibility index (Phi) is 6.99. The lowest BCUT2D eigenvalue weighted by atomic mass is 10.5. The maximum Gasteiger partial charge on any atom is 0.325 e. The number of aromatic amines is 2. The molecule has 1 aromatic rings. The van der Waals surface area contributed by atoms with Crippen LogP contribution in [0.5, 0.6) is 0 Å². The number of H-pyrrole nitrogens is 2. The van der Waals surface area contributed by atoms with Gasteiger partial charge in [-0.05, 0) is 13.3 Å². The van der Waals surface area contributed by atoms with Crippen molar-refractivity contribution in [3.05, 3.63) is 32.6 Å². The van der Waals surface area contributed by atoms with Crippen molar-refractivity contribution < 1.29 is 9.09 Å². The highest BCUT2D eigenvalue weighted by atomic mass is 33.1. The molecule has 1 aromatic heterocycles. The lowest BCUT2D eigenvalue weighted by Gasteiger charge is -2.15. The number of hydrogen-bond donors (Lipinski definition) is 2. The average Bonchev–Trinajstić information content (AvgIpc) is 2.34. The van der Waals surface area contributed by atoms with Crippen LogP contribution in [0.3, 0.4) is 0 Å². The lowest BCUT2D eigenvalue weighted by Crippen LogP contribution is -2.22. The first-order valence-corrected chi connectivity index (χ1v) is 10.7. The van der Waals surface area contributed by atoms with Gasteiger partial charge in [0.05, 0.1) is 6.61 Å². The normalized spacial score (nSPS) is 14.2. The van der Waals surface area contributed by atoms with Crippen molar-refractivity contribution >= 4 is 28.5 Å². The van der Waals surface area contributed by atoms with Gasteiger partial charge >= 0.3 is 11.5 Å². The fourth-order valence-corrected chi connectivity index (χ4v) is 7.85. The molecule has 0 aliphatic rings. The van der Waals surface area contributed by atoms with E-state index in [9.17, 15) is 14.2 Å². The highest BCUT2D eigenvalue weighted by Gasteiger charge is 2.24. The molecule has 0 aliphatic carbocycles. The van der Waals surface area contributed by atoms with Gasteiger partial charge in [-0.3, -0.25) is 14.3 Å². The molecule has 0 spiro atoms. The molecule has 0 amide bonds. The maximum atomic E-state index is 12.4. The Morgan fingerprint density at radius 2 is 2.00 bits per heavy atom. The zero-order chi connectivity index (χ0) is 14.3. The molecule has 0 unspecified atom stereocenters. The van der Waals surface area contributed by atoms with Crippen LogP contribution in [0.15, 0.2) is 15.7 Å². The van der Waals surface area contributed by atoms with Crippen molar-refractivity contribution in [1.82, 2.24) is 9.97 Å². The zero-order valence-electron chi connectivity index (χ0n) is 10.8. The highest BCUT2D eigenvalue weighted by molar-refractivity contribution is 8.89. The predicted molar refractivity (Wildman–Crippen MR) is 81.0 cm³/mol. The van der Waals surface area contributed by atoms with Crippen LogP contribution < -0.4 is 11.2 Å². The minimum atomic E-state index is -2.83. The topological polar surface area (TPSA) is 92.0 Å². The summed E-state index contributed by atoms with van der Waals surface area (Å²) >= 11 is 2.43. The van der Waals surface area contributed by atoms with Crippen LogP contribution in [0.2, 0.25) is 0 Å². The van der Waals surface area contributed by atoms with E-state index in [-0.39, 0.29) is 5.75 Å². The van der Waals surface area contributed by atoms with E-state index in [1.807, 2.05) is 6.92 Å². The molecular formula is C10H17N2O4PS2. The average molecular weight is 324 g/mol. The Hall–Kier alpha value is -0.430. The van der Waals surface area contributed by atoms with Crippen LogP contribution >= 0.6 is 28.5 Å². The summed E-state index contributed by atoms with van der Waals surface area (Å²) in [5, 5.41) is 0. The molecule has 0 radical (unpaired) electrons. The van der Waals surface area contributed by atoms with E-state index < -0.39 is 17.0 Å². The van der Waals surface area contributed by atoms with Gasteiger partial charge in [-0.1, -0.05) is 29.7 Å². The second-order valence-electron chi connectivity index (χ2n) is 3.58. The van der Waals surface area contributed by atoms with Crippen molar-refractivity contribution in [2.45, 2.75) is 26.0 Å². The van der Waals surface area contributed by atoms with Crippen molar-refractivity contribution in [3.63, 3.8) is 0 Å². The van der Waals surface area contributed by atoms with E-state index in [0.717, 1.165) is 23.6 Å². The summed E-state index contributed by atoms with van der Waals surface area (Å²) in [4.78, 5) is 26.8. The Balaban J connectivity index is 2.72. The van der Waals surface area contributed by atoms with Gasteiger partial charge < -0.3 is 9.51 Å². The van der Waals surface area contributed by atoms with E-state index in [2.05, 4.69) is 9.97 Å². The molecule has 0 bridgehead atoms. The molecule has 1 rings (SSSR count). The molecule has 0 aliphatic heterocycles. The quantitative estimate of drug-likeness (QED) is 0.714. The third kappa shape index (κ3) is 6.03. The summed E-state index contributed by atoms with van der Waals surface area (Å²) < 4.78 is 17.8. The first-order valence-electron chi connectivity index (χ1n) is 5.85. The Bertz CT molecular complexity index is 529. The third-order valence-corrected chi connectivity index (χ3v) is 9.54. The maximum absolute atomic E-state index is 12.4. The SMILES string of the molecule is CCCS[P@](=O)(OCC)SCc1cc(=O)[nH]c(=O)[nH]1. The molecule has 19 heavy (non-hydrogen) atoms. The summed E-state index contributed by atoms with van der Waals surface area (Å²) in [7, 11) is 0. The van der Waals surface area contributed by atoms with Gasteiger partial charge in [-0.15, -0.1) is 0 Å². The summed E-state index contributed by atoms with van der Waals surface area (Å²) in [6, 6.07) is 1.29. The Morgan fingerprint density at radius 3 is 2.58 bits per heavy atom. The molecule has 1 heterocycles. The minimum absolute atomic E-state index is 0.271. The third-order valence-electron chi connectivity index (χ3n) is 1.94. The van der Waals surface area contributed by atoms with E-state index in [1.165, 1.54) is 17.4 Å². The molecule has 0 saturated carbocycles. The number of rotatable bonds is 8. The lowest BCUT2D eigenvalue weighted by molar-refractivity contribution is 0.357. The molecule has 0 saturated heterocycles. The first-order chi connectivity index (χ1) is 8.99. The minimum Gasteiger partial charge on any atom is -0.314 e. The molecule has 108 valence electrons. The van der Waals surface area contributed by atoms with Gasteiger partial charge in [0.1, 0.15) is 0 Å². The fourth-order valence-electron chi connectivity index (χ4n) is 1.22. The summed E-state index contributed by atoms with van der Waals surface area (Å²) in [6.45, 7) is 4.16. The van der Waals surface area contributed by atoms with E-state index in [4.69, 9.17) is 4.52 Å². The Morgan fingerprint density at radius 1 is 1.26 bits per heavy atom. The van der Waals surface area contributed by atoms with Gasteiger partial charge in [-0.2, -0.15) is 0 Å². The van der Waals surface area contributed by atoms with Gasteiger partial charge in [0.25, 0.3) is 5.56 Å². The molecule has 9 heteroatoms. The number of hydrogen-bond acceptors (Lipinski definition) is 6. The van der Waals surface area contributed by atoms with Gasteiger partial charge in [0.15, 0.2) is 0 Å². The zero-order valence-corrected chi connectivity index (χ0v) is 13.3. The van der Waals surface area contributed by atoms with Crippen LogP contribution in [-0.2, 0) is 14.8 Å². The van der Waals surface area contributed by atoms with E-state index in [0.29, 0.717) is 12.3 Å². The van der Waals surface area contributed by atoms with E-state index in [1.54, 1.807) is 6.92 Å². The van der Waals surface area contributed by atoms with Crippen LogP contribution in [-0.4, -0.2) is 22.3 Å². The predicted octanol–water partition coefficient (Wildman–Crippen LogP) is 2.58. The van der Waals surface area contributed by atoms with Crippen LogP contribution in [0, 0.1) is 0 Å².